The second-order valence-corrected chi connectivity index (χ2v) is 24.3. The minimum Gasteiger partial charge on any atom is -0.790 e. The molecule has 26 nitrogen and oxygen atoms in total. The number of aryl methyl sites for hydroxylation is 2. The monoisotopic (exact) mass is 1100 g/mol. The number of aliphatic hydroxyl groups is 2. The summed E-state index contributed by atoms with van der Waals surface area (Å²) in [7, 11) is -17.7. The topological polar surface area (TPSA) is 412 Å². The molecule has 1 aromatic carbocycles. The number of phosphoric acid groups is 3. The molecule has 0 bridgehead atoms. The van der Waals surface area contributed by atoms with Crippen molar-refractivity contribution in [3.8, 4) is 0 Å². The molecule has 3 heterocycles. The lowest BCUT2D eigenvalue weighted by Gasteiger charge is -2.36. The fraction of sp³-hybridized carbons (Fsp3) is 0.667. The standard InChI is InChI=1S/C45H68N7O19P3/c1-43(2,26-68-74(65,66)71-73(63,64)67-25-32-37(70-72(60,61)62)36(57)42(69-32)52-28-51-35-39(46)49-27-50-40(35)52)38(58)41(59)48-22-14-33(54)47-21-13-31(53)23-44(17-18-44)15-5-3-7-29-9-11-30(12-10-29)8-4-6-16-45(19-20-45)24-34(55)56/h9-12,27-28,32,36-38,42,57-58H,3-8,13-26H2,1-2H3,(H,47,54)(H,48,59)(H,55,56)(H,63,64)(H,65,66)(H2,46,49,50)(H2,60,61,62)/p-4. The molecular formula is C45H64N7O19P3-4. The maximum atomic E-state index is 12.8. The van der Waals surface area contributed by atoms with Crippen molar-refractivity contribution in [2.45, 2.75) is 147 Å². The smallest absolute Gasteiger partial charge is 0.303 e. The molecule has 412 valence electrons. The molecule has 2 saturated carbocycles. The predicted molar refractivity (Wildman–Crippen MR) is 252 cm³/mol. The Hall–Kier alpha value is -4.10. The first kappa shape index (κ1) is 59.1. The number of nitrogen functional groups attached to an aromatic ring is 1. The van der Waals surface area contributed by atoms with E-state index in [1.807, 2.05) is 0 Å². The Balaban J connectivity index is 0.830. The number of carboxylic acid groups (broad SMARTS) is 1. The number of unbranched alkanes of at least 4 members (excludes halogenated alkanes) is 2. The van der Waals surface area contributed by atoms with Crippen molar-refractivity contribution in [2.24, 2.45) is 16.2 Å². The Kier molecular flexibility index (Phi) is 19.9. The van der Waals surface area contributed by atoms with E-state index in [9.17, 15) is 62.7 Å². The van der Waals surface area contributed by atoms with Gasteiger partial charge < -0.3 is 74.1 Å². The molecule has 7 unspecified atom stereocenters. The summed E-state index contributed by atoms with van der Waals surface area (Å²) >= 11 is 0. The maximum Gasteiger partial charge on any atom is 0.303 e. The average molecular weight is 1100 g/mol. The summed E-state index contributed by atoms with van der Waals surface area (Å²) < 4.78 is 61.0. The molecule has 3 fully saturated rings. The van der Waals surface area contributed by atoms with Gasteiger partial charge in [0.25, 0.3) is 15.6 Å². The van der Waals surface area contributed by atoms with Gasteiger partial charge in [0.2, 0.25) is 11.8 Å². The number of hydrogen-bond donors (Lipinski definition) is 6. The maximum absolute atomic E-state index is 12.8. The molecule has 0 radical (unpaired) electrons. The Morgan fingerprint density at radius 3 is 2.03 bits per heavy atom. The molecule has 7 atom stereocenters. The van der Waals surface area contributed by atoms with Crippen LogP contribution < -0.4 is 35.9 Å². The molecule has 1 saturated heterocycles. The largest absolute Gasteiger partial charge is 0.790 e. The number of phosphoric ester groups is 3. The van der Waals surface area contributed by atoms with E-state index in [0.29, 0.717) is 6.42 Å². The minimum atomic E-state index is -5.94. The number of carboxylic acids is 1. The summed E-state index contributed by atoms with van der Waals surface area (Å²) in [6, 6.07) is 8.69. The predicted octanol–water partition coefficient (Wildman–Crippen LogP) is 1.39. The lowest BCUT2D eigenvalue weighted by Crippen LogP contribution is -2.46. The molecule has 2 aromatic heterocycles. The van der Waals surface area contributed by atoms with E-state index in [1.54, 1.807) is 0 Å². The van der Waals surface area contributed by atoms with Crippen molar-refractivity contribution < 1.29 is 90.4 Å². The first-order valence-corrected chi connectivity index (χ1v) is 28.7. The second kappa shape index (κ2) is 24.9. The highest BCUT2D eigenvalue weighted by Gasteiger charge is 2.48. The first-order chi connectivity index (χ1) is 34.7. The summed E-state index contributed by atoms with van der Waals surface area (Å²) in [4.78, 5) is 109. The average Bonchev–Trinajstić information content (AvgIpc) is 4.19. The number of benzene rings is 1. The zero-order valence-electron chi connectivity index (χ0n) is 41.1. The van der Waals surface area contributed by atoms with Crippen LogP contribution >= 0.6 is 23.5 Å². The van der Waals surface area contributed by atoms with Crippen LogP contribution in [0.1, 0.15) is 121 Å². The number of amides is 2. The molecule has 7 N–H and O–H groups in total. The van der Waals surface area contributed by atoms with Crippen molar-refractivity contribution in [2.75, 3.05) is 32.0 Å². The van der Waals surface area contributed by atoms with Gasteiger partial charge >= 0.3 is 5.97 Å². The van der Waals surface area contributed by atoms with Crippen molar-refractivity contribution in [1.29, 1.82) is 0 Å². The normalized spacial score (nSPS) is 22.1. The quantitative estimate of drug-likeness (QED) is 0.0371. The number of carbonyl (C=O) groups excluding carboxylic acids is 3. The van der Waals surface area contributed by atoms with Gasteiger partial charge in [0.15, 0.2) is 17.7 Å². The molecule has 29 heteroatoms. The van der Waals surface area contributed by atoms with Crippen LogP contribution in [0.5, 0.6) is 0 Å². The Labute approximate surface area is 427 Å². The molecule has 2 aliphatic carbocycles. The number of aliphatic hydroxyl groups excluding tert-OH is 2. The van der Waals surface area contributed by atoms with Gasteiger partial charge in [-0.2, -0.15) is 0 Å². The van der Waals surface area contributed by atoms with Crippen LogP contribution in [0, 0.1) is 16.2 Å². The number of hydrogen-bond acceptors (Lipinski definition) is 22. The van der Waals surface area contributed by atoms with Gasteiger partial charge in [0.05, 0.1) is 33.8 Å². The second-order valence-electron chi connectivity index (χ2n) is 20.2. The van der Waals surface area contributed by atoms with Crippen molar-refractivity contribution >= 4 is 64.0 Å². The summed E-state index contributed by atoms with van der Waals surface area (Å²) in [5.74, 6) is -2.24. The van der Waals surface area contributed by atoms with Crippen molar-refractivity contribution in [3.63, 3.8) is 0 Å². The van der Waals surface area contributed by atoms with Gasteiger partial charge in [-0.3, -0.25) is 32.9 Å². The van der Waals surface area contributed by atoms with Gasteiger partial charge in [0, 0.05) is 37.8 Å². The number of Topliss-reactive ketones (excluding diaryl/α,β-unsaturated/α-hetero) is 1. The summed E-state index contributed by atoms with van der Waals surface area (Å²) in [6.07, 6.45) is 5.19. The highest BCUT2D eigenvalue weighted by molar-refractivity contribution is 7.59. The van der Waals surface area contributed by atoms with Crippen LogP contribution in [-0.2, 0) is 68.3 Å². The number of aliphatic carboxylic acids is 1. The zero-order chi connectivity index (χ0) is 54.1. The number of rotatable bonds is 33. The summed E-state index contributed by atoms with van der Waals surface area (Å²) in [6.45, 7) is -0.0154. The SMILES string of the molecule is CC(C)(COP(=O)([O-])OP(=O)([O-])OCC1OC(n2cnc3c(N)ncnc32)C(O)C1OP(=O)([O-])[O-])C(O)C(=O)NCCC(=O)NCCC(=O)CC1(CCCCc2ccc(CCCCC3(CC(=O)O)CC3)cc2)CC1. The third-order valence-corrected chi connectivity index (χ3v) is 16.7. The highest BCUT2D eigenvalue weighted by atomic mass is 31.3. The fourth-order valence-electron chi connectivity index (χ4n) is 9.00. The van der Waals surface area contributed by atoms with Gasteiger partial charge in [-0.1, -0.05) is 51.0 Å². The number of imidazole rings is 1. The van der Waals surface area contributed by atoms with E-state index >= 15 is 0 Å². The van der Waals surface area contributed by atoms with E-state index in [-0.39, 0.29) is 65.9 Å². The van der Waals surface area contributed by atoms with Crippen molar-refractivity contribution in [3.05, 3.63) is 48.0 Å². The summed E-state index contributed by atoms with van der Waals surface area (Å²) in [5, 5.41) is 35.6. The first-order valence-electron chi connectivity index (χ1n) is 24.3. The Morgan fingerprint density at radius 1 is 0.865 bits per heavy atom. The molecule has 3 aliphatic rings. The number of carbonyl (C=O) groups is 4. The zero-order valence-corrected chi connectivity index (χ0v) is 43.8. The minimum absolute atomic E-state index is 0.00777. The van der Waals surface area contributed by atoms with Gasteiger partial charge in [-0.25, -0.2) is 19.3 Å². The molecule has 74 heavy (non-hydrogen) atoms. The lowest BCUT2D eigenvalue weighted by molar-refractivity contribution is -0.347. The van der Waals surface area contributed by atoms with Crippen LogP contribution in [0.3, 0.4) is 0 Å². The Bertz CT molecular complexity index is 2590. The molecular weight excluding hydrogens is 1040 g/mol. The van der Waals surface area contributed by atoms with Gasteiger partial charge in [-0.15, -0.1) is 0 Å². The highest BCUT2D eigenvalue weighted by Crippen LogP contribution is 2.57. The third kappa shape index (κ3) is 17.7. The van der Waals surface area contributed by atoms with E-state index in [4.69, 9.17) is 15.6 Å². The number of ketones is 1. The van der Waals surface area contributed by atoms with Crippen LogP contribution in [-0.4, -0.2) is 109 Å². The van der Waals surface area contributed by atoms with Crippen molar-refractivity contribution in [1.82, 2.24) is 30.2 Å². The number of fused-ring (bicyclic) bond motifs is 1. The van der Waals surface area contributed by atoms with Crippen LogP contribution in [0.25, 0.3) is 11.2 Å². The number of nitrogens with one attached hydrogen (secondary N) is 2. The molecule has 2 amide bonds. The van der Waals surface area contributed by atoms with E-state index in [2.05, 4.69) is 67.7 Å². The third-order valence-electron chi connectivity index (χ3n) is 13.7. The number of nitrogens with zero attached hydrogens (tertiary/aromatic N) is 4. The Morgan fingerprint density at radius 2 is 1.45 bits per heavy atom. The van der Waals surface area contributed by atoms with Crippen LogP contribution in [0.15, 0.2) is 36.9 Å². The van der Waals surface area contributed by atoms with Crippen LogP contribution in [0.2, 0.25) is 0 Å². The molecule has 3 aromatic rings. The van der Waals surface area contributed by atoms with Gasteiger partial charge in [-0.05, 0) is 86.2 Å². The molecule has 0 spiro atoms. The van der Waals surface area contributed by atoms with E-state index in [1.165, 1.54) is 25.0 Å². The van der Waals surface area contributed by atoms with E-state index < -0.39 is 90.5 Å². The number of nitrogens with two attached hydrogens (primary N) is 1. The lowest BCUT2D eigenvalue weighted by atomic mass is 9.87. The fourth-order valence-corrected chi connectivity index (χ4v) is 11.7. The summed E-state index contributed by atoms with van der Waals surface area (Å²) in [5.41, 5.74) is 6.67. The van der Waals surface area contributed by atoms with E-state index in [0.717, 1.165) is 94.3 Å². The number of aromatic nitrogens is 4. The van der Waals surface area contributed by atoms with Gasteiger partial charge in [0.1, 0.15) is 42.0 Å². The number of ether oxygens (including phenoxy) is 1. The molecule has 1 aliphatic heterocycles. The van der Waals surface area contributed by atoms with Crippen LogP contribution in [0.4, 0.5) is 5.82 Å². The number of anilines is 1. The molecule has 6 rings (SSSR count).